The van der Waals surface area contributed by atoms with E-state index in [0.717, 1.165) is 22.9 Å². The highest BCUT2D eigenvalue weighted by Gasteiger charge is 2.33. The first kappa shape index (κ1) is 12.6. The van der Waals surface area contributed by atoms with E-state index >= 15 is 0 Å². The summed E-state index contributed by atoms with van der Waals surface area (Å²) in [6.07, 6.45) is 1.67. The Kier molecular flexibility index (Phi) is 3.84. The molecule has 0 atom stereocenters. The number of carbonyl (C=O) groups is 1. The van der Waals surface area contributed by atoms with Gasteiger partial charge >= 0.3 is 0 Å². The zero-order valence-electron chi connectivity index (χ0n) is 9.90. The minimum atomic E-state index is 0.141. The third-order valence-electron chi connectivity index (χ3n) is 3.21. The van der Waals surface area contributed by atoms with E-state index in [2.05, 4.69) is 15.9 Å². The second-order valence-corrected chi connectivity index (χ2v) is 5.67. The second-order valence-electron chi connectivity index (χ2n) is 4.75. The van der Waals surface area contributed by atoms with Gasteiger partial charge in [-0.25, -0.2) is 0 Å². The number of rotatable bonds is 3. The molecule has 1 aliphatic rings. The zero-order chi connectivity index (χ0) is 12.4. The Hall–Kier alpha value is -0.870. The highest BCUT2D eigenvalue weighted by molar-refractivity contribution is 9.10. The van der Waals surface area contributed by atoms with Gasteiger partial charge in [-0.1, -0.05) is 28.1 Å². The molecule has 2 N–H and O–H groups in total. The van der Waals surface area contributed by atoms with Crippen LogP contribution in [0.4, 0.5) is 0 Å². The number of hydrogen-bond acceptors (Lipinski definition) is 2. The van der Waals surface area contributed by atoms with Crippen LogP contribution in [-0.2, 0) is 11.3 Å². The summed E-state index contributed by atoms with van der Waals surface area (Å²) in [5.74, 6) is 0.355. The normalized spacial score (nSPS) is 23.0. The standard InChI is InChI=1S/C13H17BrN2O/c1-16(13(17)10-6-12(15)7-10)8-9-3-2-4-11(14)5-9/h2-5,10,12H,6-8,15H2,1H3. The first-order chi connectivity index (χ1) is 8.06. The molecule has 1 aromatic rings. The number of halogens is 1. The van der Waals surface area contributed by atoms with Crippen LogP contribution in [0, 0.1) is 5.92 Å². The molecular formula is C13H17BrN2O. The molecule has 0 unspecified atom stereocenters. The lowest BCUT2D eigenvalue weighted by atomic mass is 9.80. The number of nitrogens with zero attached hydrogens (tertiary/aromatic N) is 1. The van der Waals surface area contributed by atoms with E-state index in [1.165, 1.54) is 0 Å². The van der Waals surface area contributed by atoms with E-state index in [1.807, 2.05) is 31.3 Å². The van der Waals surface area contributed by atoms with Crippen molar-refractivity contribution >= 4 is 21.8 Å². The Bertz CT molecular complexity index is 416. The Morgan fingerprint density at radius 3 is 2.82 bits per heavy atom. The fourth-order valence-electron chi connectivity index (χ4n) is 2.16. The van der Waals surface area contributed by atoms with Crippen LogP contribution < -0.4 is 5.73 Å². The molecule has 1 amide bonds. The van der Waals surface area contributed by atoms with Crippen molar-refractivity contribution in [3.05, 3.63) is 34.3 Å². The maximum absolute atomic E-state index is 12.0. The molecule has 1 aliphatic carbocycles. The summed E-state index contributed by atoms with van der Waals surface area (Å²) in [5, 5.41) is 0. The van der Waals surface area contributed by atoms with Crippen LogP contribution in [-0.4, -0.2) is 23.9 Å². The molecule has 1 saturated carbocycles. The highest BCUT2D eigenvalue weighted by Crippen LogP contribution is 2.27. The molecule has 1 fully saturated rings. The van der Waals surface area contributed by atoms with E-state index in [9.17, 15) is 4.79 Å². The predicted molar refractivity (Wildman–Crippen MR) is 71.3 cm³/mol. The first-order valence-corrected chi connectivity index (χ1v) is 6.60. The van der Waals surface area contributed by atoms with Crippen molar-refractivity contribution in [3.63, 3.8) is 0 Å². The summed E-state index contributed by atoms with van der Waals surface area (Å²) in [7, 11) is 1.85. The number of nitrogens with two attached hydrogens (primary N) is 1. The van der Waals surface area contributed by atoms with Gasteiger partial charge in [0.25, 0.3) is 0 Å². The maximum Gasteiger partial charge on any atom is 0.225 e. The van der Waals surface area contributed by atoms with Gasteiger partial charge in [-0.15, -0.1) is 0 Å². The topological polar surface area (TPSA) is 46.3 Å². The van der Waals surface area contributed by atoms with Crippen molar-refractivity contribution in [2.45, 2.75) is 25.4 Å². The molecule has 0 spiro atoms. The molecular weight excluding hydrogens is 280 g/mol. The smallest absolute Gasteiger partial charge is 0.225 e. The van der Waals surface area contributed by atoms with Gasteiger partial charge in [0.2, 0.25) is 5.91 Å². The Morgan fingerprint density at radius 2 is 2.24 bits per heavy atom. The number of amides is 1. The van der Waals surface area contributed by atoms with E-state index in [0.29, 0.717) is 6.54 Å². The third-order valence-corrected chi connectivity index (χ3v) is 3.70. The highest BCUT2D eigenvalue weighted by atomic mass is 79.9. The lowest BCUT2D eigenvalue weighted by Gasteiger charge is -2.34. The van der Waals surface area contributed by atoms with Crippen LogP contribution in [0.15, 0.2) is 28.7 Å². The van der Waals surface area contributed by atoms with Gasteiger partial charge in [0.05, 0.1) is 0 Å². The van der Waals surface area contributed by atoms with Crippen LogP contribution in [0.1, 0.15) is 18.4 Å². The van der Waals surface area contributed by atoms with Gasteiger partial charge in [-0.3, -0.25) is 4.79 Å². The summed E-state index contributed by atoms with van der Waals surface area (Å²) in [5.41, 5.74) is 6.84. The van der Waals surface area contributed by atoms with Crippen molar-refractivity contribution in [1.82, 2.24) is 4.90 Å². The molecule has 2 rings (SSSR count). The monoisotopic (exact) mass is 296 g/mol. The molecule has 0 aliphatic heterocycles. The fourth-order valence-corrected chi connectivity index (χ4v) is 2.61. The lowest BCUT2D eigenvalue weighted by molar-refractivity contribution is -0.137. The third kappa shape index (κ3) is 3.07. The van der Waals surface area contributed by atoms with Crippen LogP contribution >= 0.6 is 15.9 Å². The van der Waals surface area contributed by atoms with Crippen molar-refractivity contribution in [1.29, 1.82) is 0 Å². The van der Waals surface area contributed by atoms with Crippen molar-refractivity contribution in [2.24, 2.45) is 11.7 Å². The molecule has 92 valence electrons. The first-order valence-electron chi connectivity index (χ1n) is 5.81. The Balaban J connectivity index is 1.92. The van der Waals surface area contributed by atoms with Crippen molar-refractivity contribution in [2.75, 3.05) is 7.05 Å². The summed E-state index contributed by atoms with van der Waals surface area (Å²) < 4.78 is 1.04. The number of benzene rings is 1. The van der Waals surface area contributed by atoms with Crippen molar-refractivity contribution < 1.29 is 4.79 Å². The molecule has 3 nitrogen and oxygen atoms in total. The van der Waals surface area contributed by atoms with Gasteiger partial charge in [-0.05, 0) is 30.5 Å². The van der Waals surface area contributed by atoms with Crippen LogP contribution in [0.5, 0.6) is 0 Å². The zero-order valence-corrected chi connectivity index (χ0v) is 11.5. The van der Waals surface area contributed by atoms with E-state index in [4.69, 9.17) is 5.73 Å². The number of hydrogen-bond donors (Lipinski definition) is 1. The summed E-state index contributed by atoms with van der Waals surface area (Å²) in [6.45, 7) is 0.657. The predicted octanol–water partition coefficient (Wildman–Crippen LogP) is 2.14. The molecule has 0 bridgehead atoms. The maximum atomic E-state index is 12.0. The Labute approximate surface area is 110 Å². The molecule has 0 aromatic heterocycles. The average molecular weight is 297 g/mol. The van der Waals surface area contributed by atoms with E-state index in [1.54, 1.807) is 4.90 Å². The molecule has 0 radical (unpaired) electrons. The summed E-state index contributed by atoms with van der Waals surface area (Å²) in [6, 6.07) is 8.26. The minimum Gasteiger partial charge on any atom is -0.341 e. The van der Waals surface area contributed by atoms with Gasteiger partial charge in [0.1, 0.15) is 0 Å². The lowest BCUT2D eigenvalue weighted by Crippen LogP contribution is -2.45. The van der Waals surface area contributed by atoms with Gasteiger partial charge < -0.3 is 10.6 Å². The number of carbonyl (C=O) groups excluding carboxylic acids is 1. The molecule has 17 heavy (non-hydrogen) atoms. The van der Waals surface area contributed by atoms with Gasteiger partial charge in [-0.2, -0.15) is 0 Å². The second kappa shape index (κ2) is 5.19. The van der Waals surface area contributed by atoms with Crippen molar-refractivity contribution in [3.8, 4) is 0 Å². The van der Waals surface area contributed by atoms with E-state index in [-0.39, 0.29) is 17.9 Å². The van der Waals surface area contributed by atoms with E-state index < -0.39 is 0 Å². The largest absolute Gasteiger partial charge is 0.341 e. The Morgan fingerprint density at radius 1 is 1.53 bits per heavy atom. The van der Waals surface area contributed by atoms with Crippen LogP contribution in [0.25, 0.3) is 0 Å². The quantitative estimate of drug-likeness (QED) is 0.929. The van der Waals surface area contributed by atoms with Gasteiger partial charge in [0, 0.05) is 30.0 Å². The van der Waals surface area contributed by atoms with Crippen LogP contribution in [0.3, 0.4) is 0 Å². The summed E-state index contributed by atoms with van der Waals surface area (Å²) in [4.78, 5) is 13.8. The van der Waals surface area contributed by atoms with Gasteiger partial charge in [0.15, 0.2) is 0 Å². The summed E-state index contributed by atoms with van der Waals surface area (Å²) >= 11 is 3.43. The average Bonchev–Trinajstić information content (AvgIpc) is 2.24. The SMILES string of the molecule is CN(Cc1cccc(Br)c1)C(=O)C1CC(N)C1. The molecule has 1 aromatic carbocycles. The molecule has 0 heterocycles. The minimum absolute atomic E-state index is 0.141. The van der Waals surface area contributed by atoms with Crippen LogP contribution in [0.2, 0.25) is 0 Å². The fraction of sp³-hybridized carbons (Fsp3) is 0.462. The molecule has 4 heteroatoms. The molecule has 0 saturated heterocycles.